The molecular weight excluding hydrogens is 276 g/mol. The Bertz CT molecular complexity index is 591. The molecule has 0 radical (unpaired) electrons. The maximum absolute atomic E-state index is 11.8. The van der Waals surface area contributed by atoms with Crippen LogP contribution in [-0.4, -0.2) is 36.6 Å². The summed E-state index contributed by atoms with van der Waals surface area (Å²) in [7, 11) is 1.79. The van der Waals surface area contributed by atoms with Crippen molar-refractivity contribution in [2.24, 2.45) is 7.05 Å². The molecule has 0 aromatic carbocycles. The summed E-state index contributed by atoms with van der Waals surface area (Å²) in [6, 6.07) is 1.83. The normalized spacial score (nSPS) is 10.8. The van der Waals surface area contributed by atoms with Gasteiger partial charge < -0.3 is 5.32 Å². The summed E-state index contributed by atoms with van der Waals surface area (Å²) in [5.74, 6) is 1.72. The van der Waals surface area contributed by atoms with Gasteiger partial charge in [-0.15, -0.1) is 5.10 Å². The molecule has 8 heteroatoms. The molecule has 2 rings (SSSR count). The van der Waals surface area contributed by atoms with E-state index in [9.17, 15) is 4.79 Å². The molecule has 0 fully saturated rings. The van der Waals surface area contributed by atoms with Gasteiger partial charge >= 0.3 is 0 Å². The van der Waals surface area contributed by atoms with Gasteiger partial charge in [0.1, 0.15) is 11.6 Å². The minimum absolute atomic E-state index is 0.0974. The van der Waals surface area contributed by atoms with Gasteiger partial charge in [0, 0.05) is 19.5 Å². The Labute approximate surface area is 121 Å². The highest BCUT2D eigenvalue weighted by Gasteiger charge is 2.10. The van der Waals surface area contributed by atoms with Crippen molar-refractivity contribution >= 4 is 23.5 Å². The van der Waals surface area contributed by atoms with E-state index in [0.29, 0.717) is 11.0 Å². The lowest BCUT2D eigenvalue weighted by atomic mass is 10.3. The summed E-state index contributed by atoms with van der Waals surface area (Å²) in [6.07, 6.45) is 1.88. The molecule has 0 saturated carbocycles. The SMILES string of the molecule is CCCc1nc(SCC(=O)Nc2cc(C)nn2C)n[nH]1. The smallest absolute Gasteiger partial charge is 0.235 e. The minimum atomic E-state index is -0.0974. The Hall–Kier alpha value is -1.83. The number of carbonyl (C=O) groups is 1. The number of H-pyrrole nitrogens is 1. The second-order valence-electron chi connectivity index (χ2n) is 4.45. The van der Waals surface area contributed by atoms with Crippen LogP contribution in [-0.2, 0) is 18.3 Å². The van der Waals surface area contributed by atoms with Gasteiger partial charge in [-0.25, -0.2) is 4.98 Å². The van der Waals surface area contributed by atoms with Gasteiger partial charge in [-0.05, 0) is 13.3 Å². The zero-order valence-electron chi connectivity index (χ0n) is 11.8. The van der Waals surface area contributed by atoms with Crippen molar-refractivity contribution in [3.63, 3.8) is 0 Å². The lowest BCUT2D eigenvalue weighted by molar-refractivity contribution is -0.113. The molecular formula is C12H18N6OS. The Morgan fingerprint density at radius 2 is 2.35 bits per heavy atom. The Morgan fingerprint density at radius 3 is 3.00 bits per heavy atom. The number of hydrogen-bond donors (Lipinski definition) is 2. The van der Waals surface area contributed by atoms with Gasteiger partial charge in [-0.3, -0.25) is 14.6 Å². The zero-order valence-corrected chi connectivity index (χ0v) is 12.6. The highest BCUT2D eigenvalue weighted by molar-refractivity contribution is 7.99. The van der Waals surface area contributed by atoms with Gasteiger partial charge in [-0.1, -0.05) is 18.7 Å². The number of carbonyl (C=O) groups excluding carboxylic acids is 1. The van der Waals surface area contributed by atoms with Crippen LogP contribution < -0.4 is 5.32 Å². The van der Waals surface area contributed by atoms with Crippen LogP contribution in [0.25, 0.3) is 0 Å². The summed E-state index contributed by atoms with van der Waals surface area (Å²) in [5, 5.41) is 14.5. The van der Waals surface area contributed by atoms with Crippen molar-refractivity contribution in [3.05, 3.63) is 17.6 Å². The summed E-state index contributed by atoms with van der Waals surface area (Å²) < 4.78 is 1.64. The quantitative estimate of drug-likeness (QED) is 0.789. The topological polar surface area (TPSA) is 88.5 Å². The van der Waals surface area contributed by atoms with E-state index in [4.69, 9.17) is 0 Å². The number of aromatic nitrogens is 5. The molecule has 0 aliphatic carbocycles. The molecule has 2 heterocycles. The molecule has 0 aliphatic heterocycles. The maximum Gasteiger partial charge on any atom is 0.235 e. The minimum Gasteiger partial charge on any atom is -0.310 e. The molecule has 2 aromatic rings. The van der Waals surface area contributed by atoms with Crippen LogP contribution in [0.3, 0.4) is 0 Å². The van der Waals surface area contributed by atoms with E-state index >= 15 is 0 Å². The van der Waals surface area contributed by atoms with Crippen molar-refractivity contribution < 1.29 is 4.79 Å². The Balaban J connectivity index is 1.84. The van der Waals surface area contributed by atoms with Crippen molar-refractivity contribution in [2.45, 2.75) is 31.8 Å². The monoisotopic (exact) mass is 294 g/mol. The molecule has 0 atom stereocenters. The first-order chi connectivity index (χ1) is 9.58. The average molecular weight is 294 g/mol. The lowest BCUT2D eigenvalue weighted by Gasteiger charge is -2.03. The van der Waals surface area contributed by atoms with Gasteiger partial charge in [-0.2, -0.15) is 5.10 Å². The number of rotatable bonds is 6. The second kappa shape index (κ2) is 6.56. The predicted octanol–water partition coefficient (Wildman–Crippen LogP) is 1.53. The Morgan fingerprint density at radius 1 is 1.55 bits per heavy atom. The summed E-state index contributed by atoms with van der Waals surface area (Å²) in [5.41, 5.74) is 0.869. The van der Waals surface area contributed by atoms with Crippen LogP contribution in [0, 0.1) is 6.92 Å². The van der Waals surface area contributed by atoms with E-state index in [-0.39, 0.29) is 11.7 Å². The molecule has 0 spiro atoms. The van der Waals surface area contributed by atoms with Gasteiger partial charge in [0.2, 0.25) is 11.1 Å². The van der Waals surface area contributed by atoms with E-state index in [1.54, 1.807) is 11.7 Å². The number of nitrogens with one attached hydrogen (secondary N) is 2. The standard InChI is InChI=1S/C12H18N6OS/c1-4-5-9-13-12(16-15-9)20-7-11(19)14-10-6-8(2)17-18(10)3/h6H,4-5,7H2,1-3H3,(H,14,19)(H,13,15,16). The maximum atomic E-state index is 11.8. The molecule has 2 N–H and O–H groups in total. The van der Waals surface area contributed by atoms with Crippen molar-refractivity contribution in [2.75, 3.05) is 11.1 Å². The highest BCUT2D eigenvalue weighted by atomic mass is 32.2. The van der Waals surface area contributed by atoms with E-state index < -0.39 is 0 Å². The first kappa shape index (κ1) is 14.6. The summed E-state index contributed by atoms with van der Waals surface area (Å²) >= 11 is 1.31. The largest absolute Gasteiger partial charge is 0.310 e. The first-order valence-corrected chi connectivity index (χ1v) is 7.41. The average Bonchev–Trinajstić information content (AvgIpc) is 2.95. The Kier molecular flexibility index (Phi) is 4.78. The number of hydrogen-bond acceptors (Lipinski definition) is 5. The summed E-state index contributed by atoms with van der Waals surface area (Å²) in [6.45, 7) is 3.96. The molecule has 108 valence electrons. The molecule has 0 unspecified atom stereocenters. The third kappa shape index (κ3) is 3.83. The molecule has 0 aliphatic rings. The third-order valence-electron chi connectivity index (χ3n) is 2.60. The van der Waals surface area contributed by atoms with Gasteiger partial charge in [0.15, 0.2) is 0 Å². The molecule has 7 nitrogen and oxygen atoms in total. The number of anilines is 1. The van der Waals surface area contributed by atoms with Crippen LogP contribution in [0.4, 0.5) is 5.82 Å². The summed E-state index contributed by atoms with van der Waals surface area (Å²) in [4.78, 5) is 16.1. The number of aromatic amines is 1. The molecule has 2 aromatic heterocycles. The van der Waals surface area contributed by atoms with E-state index in [1.165, 1.54) is 11.8 Å². The van der Waals surface area contributed by atoms with Crippen LogP contribution in [0.1, 0.15) is 24.9 Å². The number of aryl methyl sites for hydroxylation is 3. The van der Waals surface area contributed by atoms with E-state index in [0.717, 1.165) is 24.4 Å². The number of nitrogens with zero attached hydrogens (tertiary/aromatic N) is 4. The molecule has 1 amide bonds. The van der Waals surface area contributed by atoms with Crippen molar-refractivity contribution in [1.82, 2.24) is 25.0 Å². The lowest BCUT2D eigenvalue weighted by Crippen LogP contribution is -2.16. The second-order valence-corrected chi connectivity index (χ2v) is 5.39. The molecule has 0 saturated heterocycles. The fourth-order valence-electron chi connectivity index (χ4n) is 1.73. The fraction of sp³-hybridized carbons (Fsp3) is 0.500. The van der Waals surface area contributed by atoms with Gasteiger partial charge in [0.05, 0.1) is 11.4 Å². The highest BCUT2D eigenvalue weighted by Crippen LogP contribution is 2.14. The van der Waals surface area contributed by atoms with Gasteiger partial charge in [0.25, 0.3) is 0 Å². The van der Waals surface area contributed by atoms with E-state index in [1.807, 2.05) is 13.0 Å². The fourth-order valence-corrected chi connectivity index (χ4v) is 2.34. The molecule has 0 bridgehead atoms. The van der Waals surface area contributed by atoms with Crippen LogP contribution in [0.5, 0.6) is 0 Å². The van der Waals surface area contributed by atoms with Crippen molar-refractivity contribution in [3.8, 4) is 0 Å². The van der Waals surface area contributed by atoms with Crippen LogP contribution in [0.2, 0.25) is 0 Å². The number of amides is 1. The first-order valence-electron chi connectivity index (χ1n) is 6.43. The third-order valence-corrected chi connectivity index (χ3v) is 3.45. The predicted molar refractivity (Wildman–Crippen MR) is 77.7 cm³/mol. The van der Waals surface area contributed by atoms with E-state index in [2.05, 4.69) is 32.5 Å². The number of thioether (sulfide) groups is 1. The van der Waals surface area contributed by atoms with Crippen molar-refractivity contribution in [1.29, 1.82) is 0 Å². The molecule has 20 heavy (non-hydrogen) atoms. The zero-order chi connectivity index (χ0) is 14.5. The van der Waals surface area contributed by atoms with Crippen LogP contribution >= 0.6 is 11.8 Å². The van der Waals surface area contributed by atoms with Crippen LogP contribution in [0.15, 0.2) is 11.2 Å².